The van der Waals surface area contributed by atoms with E-state index >= 15 is 0 Å². The minimum absolute atomic E-state index is 0.0412. The normalized spacial score (nSPS) is 11.7. The lowest BCUT2D eigenvalue weighted by atomic mass is 10.2. The van der Waals surface area contributed by atoms with Crippen molar-refractivity contribution in [1.29, 1.82) is 0 Å². The van der Waals surface area contributed by atoms with Crippen LogP contribution in [0.15, 0.2) is 44.2 Å². The van der Waals surface area contributed by atoms with Gasteiger partial charge in [0.15, 0.2) is 11.0 Å². The monoisotopic (exact) mass is 313 g/mol. The van der Waals surface area contributed by atoms with Gasteiger partial charge in [0.25, 0.3) is 0 Å². The summed E-state index contributed by atoms with van der Waals surface area (Å²) in [7, 11) is 0. The van der Waals surface area contributed by atoms with Gasteiger partial charge in [0.05, 0.1) is 0 Å². The number of nitrogens with one attached hydrogen (secondary N) is 1. The van der Waals surface area contributed by atoms with Crippen LogP contribution in [0.5, 0.6) is 0 Å². The Morgan fingerprint density at radius 3 is 3.00 bits per heavy atom. The van der Waals surface area contributed by atoms with E-state index in [9.17, 15) is 0 Å². The number of hydrogen-bond donors (Lipinski definition) is 3. The number of benzene rings is 1. The molecule has 8 heteroatoms. The largest absolute Gasteiger partial charge is 0.409 e. The molecule has 1 aromatic heterocycles. The van der Waals surface area contributed by atoms with Crippen LogP contribution in [0, 0.1) is 0 Å². The van der Waals surface area contributed by atoms with Crippen molar-refractivity contribution < 1.29 is 5.21 Å². The van der Waals surface area contributed by atoms with E-state index < -0.39 is 0 Å². The Morgan fingerprint density at radius 1 is 1.53 bits per heavy atom. The summed E-state index contributed by atoms with van der Waals surface area (Å²) in [5.41, 5.74) is 6.26. The molecule has 0 aliphatic heterocycles. The average Bonchev–Trinajstić information content (AvgIpc) is 2.81. The lowest BCUT2D eigenvalue weighted by Gasteiger charge is -2.08. The first kappa shape index (κ1) is 11.9. The Bertz CT molecular complexity index is 542. The Morgan fingerprint density at radius 2 is 2.35 bits per heavy atom. The number of halogens is 1. The molecular weight excluding hydrogens is 306 g/mol. The van der Waals surface area contributed by atoms with Crippen LogP contribution in [0.3, 0.4) is 0 Å². The average molecular weight is 314 g/mol. The maximum Gasteiger partial charge on any atom is 0.188 e. The van der Waals surface area contributed by atoms with Crippen LogP contribution in [0.1, 0.15) is 5.56 Å². The first-order chi connectivity index (χ1) is 8.22. The van der Waals surface area contributed by atoms with Crippen molar-refractivity contribution in [2.75, 3.05) is 0 Å². The molecule has 0 amide bonds. The molecule has 1 aromatic carbocycles. The van der Waals surface area contributed by atoms with Crippen LogP contribution in [0.2, 0.25) is 0 Å². The van der Waals surface area contributed by atoms with Crippen molar-refractivity contribution in [1.82, 2.24) is 15.2 Å². The van der Waals surface area contributed by atoms with Gasteiger partial charge in [0, 0.05) is 14.9 Å². The molecule has 0 saturated carbocycles. The zero-order chi connectivity index (χ0) is 12.3. The maximum atomic E-state index is 8.76. The van der Waals surface area contributed by atoms with Gasteiger partial charge < -0.3 is 10.9 Å². The summed E-state index contributed by atoms with van der Waals surface area (Å²) in [6, 6.07) is 5.53. The lowest BCUT2D eigenvalue weighted by molar-refractivity contribution is 0.318. The van der Waals surface area contributed by atoms with E-state index in [1.165, 1.54) is 18.1 Å². The van der Waals surface area contributed by atoms with Crippen molar-refractivity contribution in [3.8, 4) is 0 Å². The van der Waals surface area contributed by atoms with Gasteiger partial charge in [-0.3, -0.25) is 5.10 Å². The number of hydrogen-bond acceptors (Lipinski definition) is 5. The smallest absolute Gasteiger partial charge is 0.188 e. The minimum atomic E-state index is 0.0412. The van der Waals surface area contributed by atoms with E-state index in [0.29, 0.717) is 10.7 Å². The molecule has 0 bridgehead atoms. The summed E-state index contributed by atoms with van der Waals surface area (Å²) in [6.07, 6.45) is 1.42. The molecule has 1 heterocycles. The molecule has 6 nitrogen and oxygen atoms in total. The lowest BCUT2D eigenvalue weighted by Crippen LogP contribution is -2.15. The third-order valence-corrected chi connectivity index (χ3v) is 3.55. The van der Waals surface area contributed by atoms with Gasteiger partial charge in [-0.05, 0) is 39.8 Å². The highest BCUT2D eigenvalue weighted by atomic mass is 79.9. The molecule has 0 saturated heterocycles. The summed E-state index contributed by atoms with van der Waals surface area (Å²) in [5.74, 6) is 0.0412. The number of oxime groups is 1. The molecule has 0 fully saturated rings. The predicted molar refractivity (Wildman–Crippen MR) is 67.2 cm³/mol. The second kappa shape index (κ2) is 5.19. The fourth-order valence-electron chi connectivity index (χ4n) is 1.24. The number of nitrogens with two attached hydrogens (primary N) is 1. The molecule has 0 radical (unpaired) electrons. The van der Waals surface area contributed by atoms with E-state index in [0.717, 1.165) is 9.37 Å². The van der Waals surface area contributed by atoms with Crippen LogP contribution < -0.4 is 5.73 Å². The zero-order valence-corrected chi connectivity index (χ0v) is 10.9. The Labute approximate surface area is 109 Å². The van der Waals surface area contributed by atoms with E-state index in [1.807, 2.05) is 18.2 Å². The molecule has 0 atom stereocenters. The minimum Gasteiger partial charge on any atom is -0.409 e. The summed E-state index contributed by atoms with van der Waals surface area (Å²) in [4.78, 5) is 4.82. The first-order valence-electron chi connectivity index (χ1n) is 4.52. The van der Waals surface area contributed by atoms with E-state index in [-0.39, 0.29) is 5.84 Å². The predicted octanol–water partition coefficient (Wildman–Crippen LogP) is 1.81. The molecule has 17 heavy (non-hydrogen) atoms. The highest BCUT2D eigenvalue weighted by Crippen LogP contribution is 2.31. The summed E-state index contributed by atoms with van der Waals surface area (Å²) < 4.78 is 0.748. The maximum absolute atomic E-state index is 8.76. The van der Waals surface area contributed by atoms with Gasteiger partial charge >= 0.3 is 0 Å². The van der Waals surface area contributed by atoms with E-state index in [4.69, 9.17) is 10.9 Å². The Balaban J connectivity index is 2.43. The quantitative estimate of drug-likeness (QED) is 0.347. The molecule has 0 aliphatic carbocycles. The number of aromatic nitrogens is 3. The zero-order valence-electron chi connectivity index (χ0n) is 8.46. The number of H-pyrrole nitrogens is 1. The van der Waals surface area contributed by atoms with Crippen molar-refractivity contribution >= 4 is 33.5 Å². The summed E-state index contributed by atoms with van der Waals surface area (Å²) in [6.45, 7) is 0. The molecule has 0 spiro atoms. The van der Waals surface area contributed by atoms with Crippen molar-refractivity contribution in [3.63, 3.8) is 0 Å². The topological polar surface area (TPSA) is 100 Å². The Hall–Kier alpha value is -1.54. The van der Waals surface area contributed by atoms with Crippen molar-refractivity contribution in [2.24, 2.45) is 10.9 Å². The molecule has 2 aromatic rings. The van der Waals surface area contributed by atoms with Crippen LogP contribution >= 0.6 is 27.7 Å². The molecule has 2 rings (SSSR count). The Kier molecular flexibility index (Phi) is 3.64. The second-order valence-electron chi connectivity index (χ2n) is 2.99. The van der Waals surface area contributed by atoms with E-state index in [2.05, 4.69) is 36.3 Å². The highest BCUT2D eigenvalue weighted by Gasteiger charge is 2.13. The molecular formula is C9H8BrN5OS. The van der Waals surface area contributed by atoms with Crippen LogP contribution in [0.25, 0.3) is 0 Å². The standard InChI is InChI=1S/C9H8BrN5OS/c10-5-2-1-3-6(7(5)8(11)15-16)17-9-12-4-13-14-9/h1-4,16H,(H2,11,15)(H,12,13,14). The van der Waals surface area contributed by atoms with Crippen molar-refractivity contribution in [2.45, 2.75) is 10.1 Å². The van der Waals surface area contributed by atoms with Crippen LogP contribution in [-0.2, 0) is 0 Å². The number of aromatic amines is 1. The number of nitrogens with zero attached hydrogens (tertiary/aromatic N) is 3. The van der Waals surface area contributed by atoms with Gasteiger partial charge in [-0.1, -0.05) is 11.2 Å². The third kappa shape index (κ3) is 2.59. The summed E-state index contributed by atoms with van der Waals surface area (Å²) >= 11 is 4.71. The van der Waals surface area contributed by atoms with Crippen LogP contribution in [0.4, 0.5) is 0 Å². The van der Waals surface area contributed by atoms with Gasteiger partial charge in [0.2, 0.25) is 0 Å². The SMILES string of the molecule is N/C(=N/O)c1c(Br)cccc1Sc1ncn[nH]1. The fourth-order valence-corrected chi connectivity index (χ4v) is 2.81. The highest BCUT2D eigenvalue weighted by molar-refractivity contribution is 9.10. The number of amidine groups is 1. The molecule has 4 N–H and O–H groups in total. The molecule has 88 valence electrons. The third-order valence-electron chi connectivity index (χ3n) is 1.94. The van der Waals surface area contributed by atoms with Crippen molar-refractivity contribution in [3.05, 3.63) is 34.6 Å². The first-order valence-corrected chi connectivity index (χ1v) is 6.13. The van der Waals surface area contributed by atoms with E-state index in [1.54, 1.807) is 0 Å². The van der Waals surface area contributed by atoms with Gasteiger partial charge in [-0.15, -0.1) is 0 Å². The fraction of sp³-hybridized carbons (Fsp3) is 0. The van der Waals surface area contributed by atoms with Gasteiger partial charge in [-0.25, -0.2) is 4.98 Å². The molecule has 0 unspecified atom stereocenters. The summed E-state index contributed by atoms with van der Waals surface area (Å²) in [5, 5.41) is 18.9. The number of rotatable bonds is 3. The van der Waals surface area contributed by atoms with Crippen LogP contribution in [-0.4, -0.2) is 26.2 Å². The molecule has 0 aliphatic rings. The van der Waals surface area contributed by atoms with Gasteiger partial charge in [-0.2, -0.15) is 5.10 Å². The second-order valence-corrected chi connectivity index (χ2v) is 4.88. The van der Waals surface area contributed by atoms with Gasteiger partial charge in [0.1, 0.15) is 6.33 Å².